The zero-order valence-electron chi connectivity index (χ0n) is 16.1. The predicted molar refractivity (Wildman–Crippen MR) is 97.6 cm³/mol. The predicted octanol–water partition coefficient (Wildman–Crippen LogP) is 6.31. The zero-order chi connectivity index (χ0) is 16.6. The molecule has 3 aliphatic carbocycles. The van der Waals surface area contributed by atoms with Gasteiger partial charge < -0.3 is 4.43 Å². The lowest BCUT2D eigenvalue weighted by Gasteiger charge is -2.43. The van der Waals surface area contributed by atoms with Crippen LogP contribution >= 0.6 is 0 Å². The zero-order valence-corrected chi connectivity index (χ0v) is 17.1. The molecule has 0 aromatic heterocycles. The van der Waals surface area contributed by atoms with E-state index >= 15 is 0 Å². The van der Waals surface area contributed by atoms with Gasteiger partial charge in [-0.25, -0.2) is 0 Å². The average Bonchev–Trinajstić information content (AvgIpc) is 2.83. The molecular weight excluding hydrogens is 284 g/mol. The van der Waals surface area contributed by atoms with E-state index in [9.17, 15) is 0 Å². The first-order chi connectivity index (χ1) is 9.86. The number of fused-ring (bicyclic) bond motifs is 2. The van der Waals surface area contributed by atoms with Crippen LogP contribution in [-0.2, 0) is 4.43 Å². The van der Waals surface area contributed by atoms with Crippen LogP contribution < -0.4 is 0 Å². The highest BCUT2D eigenvalue weighted by Crippen LogP contribution is 2.64. The third-order valence-electron chi connectivity index (χ3n) is 7.32. The van der Waals surface area contributed by atoms with Crippen molar-refractivity contribution in [2.45, 2.75) is 97.9 Å². The monoisotopic (exact) mass is 320 g/mol. The molecule has 0 aromatic carbocycles. The Hall–Kier alpha value is -0.0831. The summed E-state index contributed by atoms with van der Waals surface area (Å²) in [5.41, 5.74) is 4.57. The van der Waals surface area contributed by atoms with Crippen molar-refractivity contribution in [1.29, 1.82) is 0 Å². The third kappa shape index (κ3) is 2.45. The van der Waals surface area contributed by atoms with Gasteiger partial charge in [0.1, 0.15) is 0 Å². The standard InChI is InChI=1S/C20H36OSi/c1-18(2,3)22(7,8)21-17-10-9-16-15-13-19(4,5)11-14(15)12-20(16,17)6/h16-17H,9-13H2,1-8H3/t16-,17?,20+/m1/s1. The van der Waals surface area contributed by atoms with Crippen molar-refractivity contribution in [3.05, 3.63) is 11.1 Å². The van der Waals surface area contributed by atoms with E-state index in [2.05, 4.69) is 54.6 Å². The Labute approximate surface area is 139 Å². The van der Waals surface area contributed by atoms with Crippen LogP contribution in [0.3, 0.4) is 0 Å². The van der Waals surface area contributed by atoms with Gasteiger partial charge in [0, 0.05) is 5.41 Å². The van der Waals surface area contributed by atoms with Crippen LogP contribution in [0.4, 0.5) is 0 Å². The number of hydrogen-bond acceptors (Lipinski definition) is 1. The van der Waals surface area contributed by atoms with Gasteiger partial charge in [0.15, 0.2) is 8.32 Å². The number of hydrogen-bond donors (Lipinski definition) is 0. The van der Waals surface area contributed by atoms with Crippen molar-refractivity contribution in [1.82, 2.24) is 0 Å². The van der Waals surface area contributed by atoms with Crippen molar-refractivity contribution in [2.24, 2.45) is 16.7 Å². The minimum Gasteiger partial charge on any atom is -0.413 e. The van der Waals surface area contributed by atoms with Gasteiger partial charge in [-0.15, -0.1) is 0 Å². The molecule has 1 unspecified atom stereocenters. The maximum absolute atomic E-state index is 6.91. The fourth-order valence-electron chi connectivity index (χ4n) is 5.14. The van der Waals surface area contributed by atoms with Crippen molar-refractivity contribution in [2.75, 3.05) is 0 Å². The third-order valence-corrected chi connectivity index (χ3v) is 11.8. The first-order valence-corrected chi connectivity index (χ1v) is 12.2. The molecule has 3 atom stereocenters. The second-order valence-electron chi connectivity index (χ2n) is 10.8. The van der Waals surface area contributed by atoms with E-state index in [4.69, 9.17) is 4.43 Å². The number of rotatable bonds is 2. The van der Waals surface area contributed by atoms with Gasteiger partial charge in [-0.05, 0) is 61.6 Å². The van der Waals surface area contributed by atoms with Crippen LogP contribution in [-0.4, -0.2) is 14.4 Å². The summed E-state index contributed by atoms with van der Waals surface area (Å²) in [7, 11) is -1.66. The summed E-state index contributed by atoms with van der Waals surface area (Å²) in [4.78, 5) is 0. The molecule has 0 aromatic rings. The van der Waals surface area contributed by atoms with Gasteiger partial charge in [0.2, 0.25) is 0 Å². The van der Waals surface area contributed by atoms with E-state index in [0.29, 0.717) is 22.0 Å². The van der Waals surface area contributed by atoms with Crippen LogP contribution in [0.25, 0.3) is 0 Å². The Bertz CT molecular complexity index is 508. The molecule has 0 saturated heterocycles. The van der Waals surface area contributed by atoms with E-state index in [1.807, 2.05) is 5.57 Å². The first kappa shape index (κ1) is 16.8. The Morgan fingerprint density at radius 3 is 2.23 bits per heavy atom. The van der Waals surface area contributed by atoms with Crippen LogP contribution in [0.2, 0.25) is 18.1 Å². The molecule has 1 saturated carbocycles. The Balaban J connectivity index is 1.78. The highest BCUT2D eigenvalue weighted by molar-refractivity contribution is 6.74. The summed E-state index contributed by atoms with van der Waals surface area (Å²) in [6.45, 7) is 19.4. The fourth-order valence-corrected chi connectivity index (χ4v) is 6.59. The molecule has 2 heteroatoms. The largest absolute Gasteiger partial charge is 0.413 e. The van der Waals surface area contributed by atoms with Crippen LogP contribution in [0, 0.1) is 16.7 Å². The lowest BCUT2D eigenvalue weighted by molar-refractivity contribution is 0.0616. The highest BCUT2D eigenvalue weighted by atomic mass is 28.4. The molecule has 0 aliphatic heterocycles. The van der Waals surface area contributed by atoms with E-state index in [-0.39, 0.29) is 0 Å². The van der Waals surface area contributed by atoms with Gasteiger partial charge >= 0.3 is 0 Å². The molecule has 0 amide bonds. The summed E-state index contributed by atoms with van der Waals surface area (Å²) in [5.74, 6) is 0.819. The maximum Gasteiger partial charge on any atom is 0.192 e. The highest BCUT2D eigenvalue weighted by Gasteiger charge is 2.57. The molecule has 0 bridgehead atoms. The summed E-state index contributed by atoms with van der Waals surface area (Å²) < 4.78 is 6.91. The molecule has 0 radical (unpaired) electrons. The molecule has 0 spiro atoms. The molecule has 1 fully saturated rings. The van der Waals surface area contributed by atoms with Crippen LogP contribution in [0.15, 0.2) is 11.1 Å². The molecule has 126 valence electrons. The van der Waals surface area contributed by atoms with E-state index in [0.717, 1.165) is 5.92 Å². The Kier molecular flexibility index (Phi) is 3.60. The van der Waals surface area contributed by atoms with Gasteiger partial charge in [-0.3, -0.25) is 0 Å². The minimum absolute atomic E-state index is 0.318. The molecule has 1 nitrogen and oxygen atoms in total. The van der Waals surface area contributed by atoms with Crippen molar-refractivity contribution >= 4 is 8.32 Å². The first-order valence-electron chi connectivity index (χ1n) is 9.24. The van der Waals surface area contributed by atoms with Crippen molar-refractivity contribution in [3.63, 3.8) is 0 Å². The molecule has 3 rings (SSSR count). The summed E-state index contributed by atoms with van der Waals surface area (Å²) in [5, 5.41) is 0.318. The summed E-state index contributed by atoms with van der Waals surface area (Å²) in [6, 6.07) is 0. The maximum atomic E-state index is 6.91. The van der Waals surface area contributed by atoms with Crippen molar-refractivity contribution < 1.29 is 4.43 Å². The second kappa shape index (κ2) is 4.72. The minimum atomic E-state index is -1.66. The lowest BCUT2D eigenvalue weighted by Crippen LogP contribution is -2.47. The Morgan fingerprint density at radius 2 is 1.64 bits per heavy atom. The van der Waals surface area contributed by atoms with Gasteiger partial charge in [0.05, 0.1) is 6.10 Å². The van der Waals surface area contributed by atoms with Crippen LogP contribution in [0.5, 0.6) is 0 Å². The molecule has 3 aliphatic rings. The number of allylic oxidation sites excluding steroid dienone is 2. The quantitative estimate of drug-likeness (QED) is 0.427. The van der Waals surface area contributed by atoms with Crippen molar-refractivity contribution in [3.8, 4) is 0 Å². The lowest BCUT2D eigenvalue weighted by atomic mass is 9.73. The topological polar surface area (TPSA) is 9.23 Å². The normalized spacial score (nSPS) is 37.6. The molecule has 22 heavy (non-hydrogen) atoms. The molecular formula is C20H36OSi. The van der Waals surface area contributed by atoms with E-state index in [1.165, 1.54) is 32.1 Å². The summed E-state index contributed by atoms with van der Waals surface area (Å²) >= 11 is 0. The molecule has 0 heterocycles. The van der Waals surface area contributed by atoms with Crippen LogP contribution in [0.1, 0.15) is 73.6 Å². The van der Waals surface area contributed by atoms with E-state index in [1.54, 1.807) is 5.57 Å². The smallest absolute Gasteiger partial charge is 0.192 e. The molecule has 0 N–H and O–H groups in total. The summed E-state index contributed by atoms with van der Waals surface area (Å²) in [6.07, 6.45) is 7.13. The average molecular weight is 321 g/mol. The Morgan fingerprint density at radius 1 is 1.00 bits per heavy atom. The second-order valence-corrected chi connectivity index (χ2v) is 15.6. The fraction of sp³-hybridized carbons (Fsp3) is 0.900. The van der Waals surface area contributed by atoms with Gasteiger partial charge in [0.25, 0.3) is 0 Å². The van der Waals surface area contributed by atoms with Gasteiger partial charge in [-0.2, -0.15) is 0 Å². The van der Waals surface area contributed by atoms with E-state index < -0.39 is 8.32 Å². The van der Waals surface area contributed by atoms with Gasteiger partial charge in [-0.1, -0.05) is 52.7 Å². The SMILES string of the molecule is CC1(C)CC2=C(C1)[C@H]1CCC(O[Si](C)(C)C(C)(C)C)[C@@]1(C)C2.